The molecule has 2 fully saturated rings. The van der Waals surface area contributed by atoms with Crippen molar-refractivity contribution in [2.75, 3.05) is 33.3 Å². The van der Waals surface area contributed by atoms with Gasteiger partial charge in [-0.25, -0.2) is 13.6 Å². The van der Waals surface area contributed by atoms with Gasteiger partial charge in [0.15, 0.2) is 0 Å². The molecule has 1 aromatic heterocycles. The molecule has 0 saturated carbocycles. The Labute approximate surface area is 181 Å². The predicted octanol–water partition coefficient (Wildman–Crippen LogP) is 4.27. The first-order valence-corrected chi connectivity index (χ1v) is 10.7. The number of aryl methyl sites for hydroxylation is 1. The summed E-state index contributed by atoms with van der Waals surface area (Å²) in [5, 5.41) is 0.918. The minimum Gasteiger partial charge on any atom is -0.496 e. The van der Waals surface area contributed by atoms with Gasteiger partial charge in [-0.15, -0.1) is 0 Å². The molecule has 8 heteroatoms. The van der Waals surface area contributed by atoms with Gasteiger partial charge in [0.2, 0.25) is 0 Å². The summed E-state index contributed by atoms with van der Waals surface area (Å²) in [6.45, 7) is 9.85. The fourth-order valence-corrected chi connectivity index (χ4v) is 4.80. The first-order chi connectivity index (χ1) is 14.5. The second kappa shape index (κ2) is 7.74. The Bertz CT molecular complexity index is 996. The highest BCUT2D eigenvalue weighted by Gasteiger charge is 2.46. The summed E-state index contributed by atoms with van der Waals surface area (Å²) >= 11 is 0. The number of benzene rings is 1. The topological polar surface area (TPSA) is 46.9 Å². The quantitative estimate of drug-likeness (QED) is 0.721. The molecule has 170 valence electrons. The summed E-state index contributed by atoms with van der Waals surface area (Å²) < 4.78 is 40.4. The maximum atomic E-state index is 13.8. The fourth-order valence-electron chi connectivity index (χ4n) is 4.80. The van der Waals surface area contributed by atoms with Gasteiger partial charge in [-0.1, -0.05) is 0 Å². The van der Waals surface area contributed by atoms with E-state index >= 15 is 0 Å². The van der Waals surface area contributed by atoms with E-state index in [4.69, 9.17) is 9.47 Å². The van der Waals surface area contributed by atoms with Crippen LogP contribution >= 0.6 is 0 Å². The molecular formula is C23H31F2N3O3. The minimum absolute atomic E-state index is 0.0844. The highest BCUT2D eigenvalue weighted by Crippen LogP contribution is 2.36. The van der Waals surface area contributed by atoms with Crippen LogP contribution < -0.4 is 4.74 Å². The smallest absolute Gasteiger partial charge is 0.419 e. The molecule has 3 heterocycles. The number of aromatic nitrogens is 1. The number of methoxy groups -OCH3 is 1. The summed E-state index contributed by atoms with van der Waals surface area (Å²) in [6, 6.07) is 3.71. The summed E-state index contributed by atoms with van der Waals surface area (Å²) in [5.74, 6) is -1.86. The van der Waals surface area contributed by atoms with E-state index in [-0.39, 0.29) is 19.0 Å². The molecule has 2 aromatic rings. The van der Waals surface area contributed by atoms with Crippen molar-refractivity contribution in [3.05, 3.63) is 29.5 Å². The summed E-state index contributed by atoms with van der Waals surface area (Å²) in [7, 11) is 1.63. The van der Waals surface area contributed by atoms with Crippen LogP contribution in [0.3, 0.4) is 0 Å². The van der Waals surface area contributed by atoms with Gasteiger partial charge in [0.25, 0.3) is 5.92 Å². The Morgan fingerprint density at radius 3 is 2.71 bits per heavy atom. The molecule has 0 aliphatic carbocycles. The number of carbonyl (C=O) groups is 1. The average Bonchev–Trinajstić information content (AvgIpc) is 3.22. The first kappa shape index (κ1) is 22.0. The number of alkyl halides is 2. The maximum absolute atomic E-state index is 13.8. The third-order valence-electron chi connectivity index (χ3n) is 6.08. The van der Waals surface area contributed by atoms with E-state index in [2.05, 4.69) is 4.90 Å². The van der Waals surface area contributed by atoms with Crippen LogP contribution in [0.15, 0.2) is 18.3 Å². The molecule has 2 aliphatic heterocycles. The highest BCUT2D eigenvalue weighted by molar-refractivity contribution is 5.95. The Morgan fingerprint density at radius 1 is 1.29 bits per heavy atom. The molecule has 0 N–H and O–H groups in total. The summed E-state index contributed by atoms with van der Waals surface area (Å²) in [6.07, 6.45) is 1.21. The van der Waals surface area contributed by atoms with Gasteiger partial charge in [0.05, 0.1) is 19.2 Å². The van der Waals surface area contributed by atoms with Crippen LogP contribution in [0.5, 0.6) is 5.75 Å². The molecule has 0 bridgehead atoms. The number of hydrogen-bond donors (Lipinski definition) is 0. The second-order valence-electron chi connectivity index (χ2n) is 9.72. The lowest BCUT2D eigenvalue weighted by Gasteiger charge is -2.37. The molecule has 2 aliphatic rings. The van der Waals surface area contributed by atoms with Gasteiger partial charge in [-0.05, 0) is 45.4 Å². The van der Waals surface area contributed by atoms with E-state index < -0.39 is 17.6 Å². The molecule has 31 heavy (non-hydrogen) atoms. The van der Waals surface area contributed by atoms with E-state index in [1.165, 1.54) is 4.57 Å². The maximum Gasteiger partial charge on any atom is 0.419 e. The lowest BCUT2D eigenvalue weighted by molar-refractivity contribution is 0.0119. The number of fused-ring (bicyclic) bond motifs is 2. The number of ether oxygens (including phenoxy) is 2. The molecular weight excluding hydrogens is 404 g/mol. The van der Waals surface area contributed by atoms with Crippen molar-refractivity contribution in [1.29, 1.82) is 0 Å². The van der Waals surface area contributed by atoms with Crippen molar-refractivity contribution in [3.63, 3.8) is 0 Å². The fraction of sp³-hybridized carbons (Fsp3) is 0.609. The highest BCUT2D eigenvalue weighted by atomic mass is 19.3. The van der Waals surface area contributed by atoms with Gasteiger partial charge < -0.3 is 9.47 Å². The van der Waals surface area contributed by atoms with E-state index in [1.807, 2.05) is 44.7 Å². The number of nitrogens with zero attached hydrogens (tertiary/aromatic N) is 3. The van der Waals surface area contributed by atoms with Crippen LogP contribution in [0.1, 0.15) is 38.3 Å². The van der Waals surface area contributed by atoms with Gasteiger partial charge >= 0.3 is 6.09 Å². The molecule has 6 nitrogen and oxygen atoms in total. The van der Waals surface area contributed by atoms with E-state index in [0.29, 0.717) is 19.6 Å². The third kappa shape index (κ3) is 4.41. The Kier molecular flexibility index (Phi) is 5.50. The van der Waals surface area contributed by atoms with Crippen molar-refractivity contribution in [2.24, 2.45) is 0 Å². The standard InChI is InChI=1S/C23H31F2N3O3/c1-15-10-19(30-5)18(13-26-8-9-27-14-23(24,25)11-16(27)12-26)17-6-7-28(20(15)17)21(29)31-22(2,3)4/h6-7,10,16H,8-9,11-14H2,1-5H3. The summed E-state index contributed by atoms with van der Waals surface area (Å²) in [4.78, 5) is 16.9. The van der Waals surface area contributed by atoms with E-state index in [0.717, 1.165) is 34.3 Å². The van der Waals surface area contributed by atoms with Crippen LogP contribution in [0.2, 0.25) is 0 Å². The molecule has 0 radical (unpaired) electrons. The first-order valence-electron chi connectivity index (χ1n) is 10.7. The molecule has 4 rings (SSSR count). The van der Waals surface area contributed by atoms with Gasteiger partial charge in [0, 0.05) is 55.8 Å². The molecule has 0 spiro atoms. The van der Waals surface area contributed by atoms with Crippen molar-refractivity contribution >= 4 is 17.0 Å². The molecule has 2 saturated heterocycles. The van der Waals surface area contributed by atoms with E-state index in [1.54, 1.807) is 13.3 Å². The number of rotatable bonds is 3. The van der Waals surface area contributed by atoms with Crippen LogP contribution in [0.4, 0.5) is 13.6 Å². The van der Waals surface area contributed by atoms with Crippen LogP contribution in [0.25, 0.3) is 10.9 Å². The van der Waals surface area contributed by atoms with Crippen molar-refractivity contribution in [1.82, 2.24) is 14.4 Å². The molecule has 1 unspecified atom stereocenters. The average molecular weight is 436 g/mol. The summed E-state index contributed by atoms with van der Waals surface area (Å²) in [5.41, 5.74) is 2.06. The monoisotopic (exact) mass is 435 g/mol. The zero-order valence-corrected chi connectivity index (χ0v) is 18.9. The Morgan fingerprint density at radius 2 is 2.03 bits per heavy atom. The van der Waals surface area contributed by atoms with Gasteiger partial charge in [-0.2, -0.15) is 0 Å². The lowest BCUT2D eigenvalue weighted by Crippen LogP contribution is -2.49. The molecule has 1 aromatic carbocycles. The zero-order chi connectivity index (χ0) is 22.6. The minimum atomic E-state index is -2.60. The van der Waals surface area contributed by atoms with Crippen molar-refractivity contribution in [3.8, 4) is 5.75 Å². The van der Waals surface area contributed by atoms with Gasteiger partial charge in [-0.3, -0.25) is 14.4 Å². The number of halogens is 2. The van der Waals surface area contributed by atoms with E-state index in [9.17, 15) is 13.6 Å². The Balaban J connectivity index is 1.65. The van der Waals surface area contributed by atoms with Gasteiger partial charge in [0.1, 0.15) is 11.4 Å². The number of piperazine rings is 1. The zero-order valence-electron chi connectivity index (χ0n) is 18.9. The largest absolute Gasteiger partial charge is 0.496 e. The van der Waals surface area contributed by atoms with Crippen molar-refractivity contribution < 1.29 is 23.0 Å². The number of carbonyl (C=O) groups excluding carboxylic acids is 1. The van der Waals surface area contributed by atoms with Crippen LogP contribution in [0, 0.1) is 6.92 Å². The normalized spacial score (nSPS) is 22.0. The van der Waals surface area contributed by atoms with Crippen LogP contribution in [-0.4, -0.2) is 71.3 Å². The predicted molar refractivity (Wildman–Crippen MR) is 115 cm³/mol. The number of hydrogen-bond acceptors (Lipinski definition) is 5. The molecule has 0 amide bonds. The van der Waals surface area contributed by atoms with Crippen molar-refractivity contribution in [2.45, 2.75) is 58.2 Å². The molecule has 1 atom stereocenters. The Hall–Kier alpha value is -2.19. The van der Waals surface area contributed by atoms with Crippen LogP contribution in [-0.2, 0) is 11.3 Å². The second-order valence-corrected chi connectivity index (χ2v) is 9.72. The third-order valence-corrected chi connectivity index (χ3v) is 6.08. The SMILES string of the molecule is COc1cc(C)c2c(ccn2C(=O)OC(C)(C)C)c1CN1CCN2CC(F)(F)CC2C1. The lowest BCUT2D eigenvalue weighted by atomic mass is 10.0.